The molecular weight excluding hydrogens is 296 g/mol. The number of likely N-dealkylation sites (tertiary alicyclic amines) is 1. The van der Waals surface area contributed by atoms with Crippen molar-refractivity contribution >= 4 is 39.1 Å². The van der Waals surface area contributed by atoms with Crippen molar-refractivity contribution in [3.8, 4) is 0 Å². The van der Waals surface area contributed by atoms with Crippen LogP contribution in [0.3, 0.4) is 0 Å². The number of nitrogens with zero attached hydrogens (tertiary/aromatic N) is 3. The Morgan fingerprint density at radius 2 is 2.20 bits per heavy atom. The summed E-state index contributed by atoms with van der Waals surface area (Å²) in [6.07, 6.45) is 1.62. The lowest BCUT2D eigenvalue weighted by molar-refractivity contribution is -0.123. The highest BCUT2D eigenvalue weighted by molar-refractivity contribution is 7.16. The molecule has 0 saturated carbocycles. The second-order valence-corrected chi connectivity index (χ2v) is 6.28. The average Bonchev–Trinajstić information content (AvgIpc) is 2.88. The molecule has 1 saturated heterocycles. The molecule has 5 nitrogen and oxygen atoms in total. The Labute approximate surface area is 125 Å². The van der Waals surface area contributed by atoms with Crippen LogP contribution in [-0.4, -0.2) is 33.9 Å². The summed E-state index contributed by atoms with van der Waals surface area (Å²) in [4.78, 5) is 23.2. The van der Waals surface area contributed by atoms with Crippen LogP contribution in [0.4, 0.5) is 0 Å². The monoisotopic (exact) mass is 310 g/mol. The van der Waals surface area contributed by atoms with Crippen LogP contribution in [0.1, 0.15) is 18.7 Å². The number of primary amides is 1. The van der Waals surface area contributed by atoms with Gasteiger partial charge in [-0.25, -0.2) is 9.97 Å². The van der Waals surface area contributed by atoms with E-state index in [9.17, 15) is 4.79 Å². The number of nitrogens with two attached hydrogens (primary N) is 1. The maximum atomic E-state index is 11.1. The lowest BCUT2D eigenvalue weighted by Crippen LogP contribution is -2.38. The van der Waals surface area contributed by atoms with Crippen LogP contribution in [0, 0.1) is 5.92 Å². The van der Waals surface area contributed by atoms with Crippen LogP contribution in [-0.2, 0) is 11.3 Å². The molecule has 0 atom stereocenters. The second-order valence-electron chi connectivity index (χ2n) is 5.02. The van der Waals surface area contributed by atoms with E-state index < -0.39 is 0 Å². The van der Waals surface area contributed by atoms with Crippen LogP contribution in [0.15, 0.2) is 11.4 Å². The Bertz CT molecular complexity index is 636. The fraction of sp³-hybridized carbons (Fsp3) is 0.462. The summed E-state index contributed by atoms with van der Waals surface area (Å²) >= 11 is 7.73. The normalized spacial score (nSPS) is 17.6. The summed E-state index contributed by atoms with van der Waals surface area (Å²) < 4.78 is 0. The molecule has 20 heavy (non-hydrogen) atoms. The van der Waals surface area contributed by atoms with Gasteiger partial charge in [-0.1, -0.05) is 11.6 Å². The maximum Gasteiger partial charge on any atom is 0.220 e. The Hall–Kier alpha value is -1.24. The van der Waals surface area contributed by atoms with Crippen molar-refractivity contribution in [2.45, 2.75) is 19.4 Å². The predicted molar refractivity (Wildman–Crippen MR) is 79.6 cm³/mol. The summed E-state index contributed by atoms with van der Waals surface area (Å²) in [5.41, 5.74) is 5.34. The molecule has 7 heteroatoms. The number of thiophene rings is 1. The first kappa shape index (κ1) is 13.7. The van der Waals surface area contributed by atoms with E-state index in [4.69, 9.17) is 17.3 Å². The van der Waals surface area contributed by atoms with E-state index in [1.165, 1.54) is 0 Å². The Kier molecular flexibility index (Phi) is 3.87. The van der Waals surface area contributed by atoms with E-state index in [1.54, 1.807) is 11.3 Å². The average molecular weight is 311 g/mol. The van der Waals surface area contributed by atoms with Crippen LogP contribution >= 0.6 is 22.9 Å². The molecule has 1 aliphatic heterocycles. The minimum atomic E-state index is -0.191. The number of hydrogen-bond donors (Lipinski definition) is 1. The Balaban J connectivity index is 1.69. The lowest BCUT2D eigenvalue weighted by Gasteiger charge is -2.29. The van der Waals surface area contributed by atoms with Gasteiger partial charge in [-0.3, -0.25) is 9.69 Å². The highest BCUT2D eigenvalue weighted by atomic mass is 35.5. The highest BCUT2D eigenvalue weighted by Crippen LogP contribution is 2.25. The van der Waals surface area contributed by atoms with E-state index >= 15 is 0 Å². The molecule has 0 radical (unpaired) electrons. The SMILES string of the molecule is NC(=O)C1CCN(Cc2nc(Cl)c3ccsc3n2)CC1. The van der Waals surface area contributed by atoms with Gasteiger partial charge in [0.2, 0.25) is 5.91 Å². The topological polar surface area (TPSA) is 72.1 Å². The van der Waals surface area contributed by atoms with Crippen LogP contribution in [0.25, 0.3) is 10.2 Å². The molecule has 3 rings (SSSR count). The maximum absolute atomic E-state index is 11.1. The van der Waals surface area contributed by atoms with Crippen molar-refractivity contribution < 1.29 is 4.79 Å². The van der Waals surface area contributed by atoms with E-state index in [1.807, 2.05) is 11.4 Å². The summed E-state index contributed by atoms with van der Waals surface area (Å²) in [6.45, 7) is 2.35. The molecule has 2 N–H and O–H groups in total. The van der Waals surface area contributed by atoms with Crippen LogP contribution in [0.2, 0.25) is 5.15 Å². The Morgan fingerprint density at radius 3 is 2.90 bits per heavy atom. The van der Waals surface area contributed by atoms with Crippen LogP contribution < -0.4 is 5.73 Å². The van der Waals surface area contributed by atoms with E-state index in [-0.39, 0.29) is 11.8 Å². The third-order valence-corrected chi connectivity index (χ3v) is 4.77. The van der Waals surface area contributed by atoms with E-state index in [2.05, 4.69) is 14.9 Å². The number of rotatable bonds is 3. The minimum absolute atomic E-state index is 0.00975. The van der Waals surface area contributed by atoms with Gasteiger partial charge in [0, 0.05) is 11.3 Å². The summed E-state index contributed by atoms with van der Waals surface area (Å²) in [5.74, 6) is 0.557. The number of halogens is 1. The van der Waals surface area contributed by atoms with E-state index in [0.29, 0.717) is 11.7 Å². The number of hydrogen-bond acceptors (Lipinski definition) is 5. The summed E-state index contributed by atoms with van der Waals surface area (Å²) in [5, 5.41) is 3.39. The van der Waals surface area contributed by atoms with Gasteiger partial charge in [0.05, 0.1) is 6.54 Å². The third kappa shape index (κ3) is 2.77. The summed E-state index contributed by atoms with van der Waals surface area (Å²) in [6, 6.07) is 1.93. The smallest absolute Gasteiger partial charge is 0.220 e. The highest BCUT2D eigenvalue weighted by Gasteiger charge is 2.23. The molecule has 0 aromatic carbocycles. The van der Waals surface area contributed by atoms with Crippen molar-refractivity contribution in [3.05, 3.63) is 22.4 Å². The fourth-order valence-corrected chi connectivity index (χ4v) is 3.60. The number of amides is 1. The molecule has 0 bridgehead atoms. The summed E-state index contributed by atoms with van der Waals surface area (Å²) in [7, 11) is 0. The standard InChI is InChI=1S/C13H15ClN4OS/c14-11-9-3-6-20-13(9)17-10(16-11)7-18-4-1-8(2-5-18)12(15)19/h3,6,8H,1-2,4-5,7H2,(H2,15,19). The molecule has 0 unspecified atom stereocenters. The quantitative estimate of drug-likeness (QED) is 0.881. The third-order valence-electron chi connectivity index (χ3n) is 3.68. The molecule has 0 spiro atoms. The zero-order chi connectivity index (χ0) is 14.1. The fourth-order valence-electron chi connectivity index (χ4n) is 2.51. The number of fused-ring (bicyclic) bond motifs is 1. The van der Waals surface area contributed by atoms with Gasteiger partial charge < -0.3 is 5.73 Å². The molecule has 1 fully saturated rings. The number of carbonyl (C=O) groups excluding carboxylic acids is 1. The van der Waals surface area contributed by atoms with Gasteiger partial charge in [-0.15, -0.1) is 11.3 Å². The first-order valence-corrected chi connectivity index (χ1v) is 7.80. The van der Waals surface area contributed by atoms with Crippen molar-refractivity contribution in [2.75, 3.05) is 13.1 Å². The van der Waals surface area contributed by atoms with Crippen molar-refractivity contribution in [1.82, 2.24) is 14.9 Å². The first-order valence-electron chi connectivity index (χ1n) is 6.55. The van der Waals surface area contributed by atoms with Crippen molar-refractivity contribution in [1.29, 1.82) is 0 Å². The first-order chi connectivity index (χ1) is 9.63. The minimum Gasteiger partial charge on any atom is -0.369 e. The number of aromatic nitrogens is 2. The molecular formula is C13H15ClN4OS. The van der Waals surface area contributed by atoms with Gasteiger partial charge in [0.25, 0.3) is 0 Å². The van der Waals surface area contributed by atoms with Crippen LogP contribution in [0.5, 0.6) is 0 Å². The van der Waals surface area contributed by atoms with Crippen molar-refractivity contribution in [2.24, 2.45) is 11.7 Å². The molecule has 2 aromatic rings. The van der Waals surface area contributed by atoms with Gasteiger partial charge in [-0.2, -0.15) is 0 Å². The van der Waals surface area contributed by atoms with Crippen molar-refractivity contribution in [3.63, 3.8) is 0 Å². The predicted octanol–water partition coefficient (Wildman–Crippen LogP) is 2.04. The molecule has 106 valence electrons. The molecule has 2 aromatic heterocycles. The van der Waals surface area contributed by atoms with Gasteiger partial charge >= 0.3 is 0 Å². The largest absolute Gasteiger partial charge is 0.369 e. The van der Waals surface area contributed by atoms with Gasteiger partial charge in [0.1, 0.15) is 15.8 Å². The Morgan fingerprint density at radius 1 is 1.45 bits per heavy atom. The zero-order valence-corrected chi connectivity index (χ0v) is 12.5. The zero-order valence-electron chi connectivity index (χ0n) is 10.9. The molecule has 0 aliphatic carbocycles. The lowest BCUT2D eigenvalue weighted by atomic mass is 9.96. The second kappa shape index (κ2) is 5.63. The van der Waals surface area contributed by atoms with Gasteiger partial charge in [-0.05, 0) is 37.4 Å². The molecule has 3 heterocycles. The van der Waals surface area contributed by atoms with Gasteiger partial charge in [0.15, 0.2) is 0 Å². The van der Waals surface area contributed by atoms with E-state index in [0.717, 1.165) is 42.0 Å². The molecule has 1 aliphatic rings. The number of piperidine rings is 1. The molecule has 1 amide bonds. The number of carbonyl (C=O) groups is 1.